The van der Waals surface area contributed by atoms with E-state index in [9.17, 15) is 13.2 Å². The quantitative estimate of drug-likeness (QED) is 0.672. The second-order valence-electron chi connectivity index (χ2n) is 2.26. The Labute approximate surface area is 67.8 Å². The van der Waals surface area contributed by atoms with Crippen molar-refractivity contribution in [2.24, 2.45) is 0 Å². The maximum Gasteiger partial charge on any atom is 0.228 e. The molecule has 1 rings (SSSR count). The predicted octanol–water partition coefficient (Wildman–Crippen LogP) is 2.58. The van der Waals surface area contributed by atoms with Gasteiger partial charge in [-0.05, 0) is 18.6 Å². The van der Waals surface area contributed by atoms with E-state index < -0.39 is 24.2 Å². The molecule has 1 aromatic carbocycles. The maximum absolute atomic E-state index is 12.8. The normalized spacial score (nSPS) is 10.0. The Bertz CT molecular complexity index is 286. The molecule has 0 unspecified atom stereocenters. The molecule has 1 nitrogen and oxygen atoms in total. The molecule has 4 heteroatoms. The second-order valence-corrected chi connectivity index (χ2v) is 2.26. The van der Waals surface area contributed by atoms with E-state index in [2.05, 4.69) is 4.74 Å². The van der Waals surface area contributed by atoms with Crippen LogP contribution in [0.3, 0.4) is 0 Å². The van der Waals surface area contributed by atoms with Crippen LogP contribution >= 0.6 is 0 Å². The van der Waals surface area contributed by atoms with Crippen molar-refractivity contribution in [2.75, 3.05) is 6.86 Å². The minimum Gasteiger partial charge on any atom is -0.460 e. The zero-order chi connectivity index (χ0) is 9.14. The monoisotopic (exact) mass is 176 g/mol. The third-order valence-electron chi connectivity index (χ3n) is 1.45. The van der Waals surface area contributed by atoms with Crippen LogP contribution < -0.4 is 4.74 Å². The van der Waals surface area contributed by atoms with Crippen LogP contribution in [0.4, 0.5) is 13.2 Å². The molecule has 1 aromatic rings. The zero-order valence-corrected chi connectivity index (χ0v) is 6.40. The fraction of sp³-hybridized carbons (Fsp3) is 0.250. The number of ether oxygens (including phenoxy) is 1. The largest absolute Gasteiger partial charge is 0.460 e. The topological polar surface area (TPSA) is 9.23 Å². The van der Waals surface area contributed by atoms with E-state index in [4.69, 9.17) is 0 Å². The maximum atomic E-state index is 12.8. The van der Waals surface area contributed by atoms with Crippen LogP contribution in [-0.2, 0) is 0 Å². The van der Waals surface area contributed by atoms with Crippen molar-refractivity contribution < 1.29 is 17.9 Å². The molecule has 0 amide bonds. The highest BCUT2D eigenvalue weighted by Crippen LogP contribution is 2.21. The van der Waals surface area contributed by atoms with Crippen molar-refractivity contribution in [1.82, 2.24) is 0 Å². The first-order valence-corrected chi connectivity index (χ1v) is 3.30. The summed E-state index contributed by atoms with van der Waals surface area (Å²) in [6.07, 6.45) is 0. The van der Waals surface area contributed by atoms with Gasteiger partial charge in [0.15, 0.2) is 11.6 Å². The van der Waals surface area contributed by atoms with Gasteiger partial charge in [0.2, 0.25) is 12.7 Å². The SMILES string of the molecule is Cc1ccc(OCF)c(F)c1F. The Morgan fingerprint density at radius 2 is 1.92 bits per heavy atom. The van der Waals surface area contributed by atoms with E-state index in [1.807, 2.05) is 0 Å². The lowest BCUT2D eigenvalue weighted by atomic mass is 10.2. The molecule has 0 spiro atoms. The van der Waals surface area contributed by atoms with Crippen LogP contribution in [-0.4, -0.2) is 6.86 Å². The third-order valence-corrected chi connectivity index (χ3v) is 1.45. The van der Waals surface area contributed by atoms with Gasteiger partial charge in [-0.2, -0.15) is 4.39 Å². The summed E-state index contributed by atoms with van der Waals surface area (Å²) in [4.78, 5) is 0. The molecule has 0 aromatic heterocycles. The van der Waals surface area contributed by atoms with Crippen molar-refractivity contribution in [2.45, 2.75) is 6.92 Å². The smallest absolute Gasteiger partial charge is 0.228 e. The van der Waals surface area contributed by atoms with Gasteiger partial charge in [-0.3, -0.25) is 0 Å². The van der Waals surface area contributed by atoms with E-state index >= 15 is 0 Å². The van der Waals surface area contributed by atoms with Crippen molar-refractivity contribution in [1.29, 1.82) is 0 Å². The number of halogens is 3. The van der Waals surface area contributed by atoms with Crippen molar-refractivity contribution >= 4 is 0 Å². The van der Waals surface area contributed by atoms with Crippen LogP contribution in [0.2, 0.25) is 0 Å². The second kappa shape index (κ2) is 3.47. The van der Waals surface area contributed by atoms with Crippen molar-refractivity contribution in [3.63, 3.8) is 0 Å². The van der Waals surface area contributed by atoms with Gasteiger partial charge in [-0.15, -0.1) is 0 Å². The van der Waals surface area contributed by atoms with Gasteiger partial charge < -0.3 is 4.74 Å². The van der Waals surface area contributed by atoms with Gasteiger partial charge in [0.25, 0.3) is 0 Å². The Kier molecular flexibility index (Phi) is 2.58. The molecule has 0 aliphatic heterocycles. The standard InChI is InChI=1S/C8H7F3O/c1-5-2-3-6(12-4-9)8(11)7(5)10/h2-3H,4H2,1H3. The van der Waals surface area contributed by atoms with Gasteiger partial charge in [-0.25, -0.2) is 8.78 Å². The lowest BCUT2D eigenvalue weighted by molar-refractivity contribution is 0.182. The van der Waals surface area contributed by atoms with Gasteiger partial charge in [0, 0.05) is 0 Å². The van der Waals surface area contributed by atoms with Crippen LogP contribution in [0, 0.1) is 18.6 Å². The van der Waals surface area contributed by atoms with Crippen LogP contribution in [0.1, 0.15) is 5.56 Å². The Morgan fingerprint density at radius 3 is 2.50 bits per heavy atom. The fourth-order valence-corrected chi connectivity index (χ4v) is 0.799. The van der Waals surface area contributed by atoms with E-state index in [0.717, 1.165) is 0 Å². The summed E-state index contributed by atoms with van der Waals surface area (Å²) in [6.45, 7) is 0.247. The molecule has 0 saturated carbocycles. The molecule has 0 saturated heterocycles. The molecule has 0 aliphatic carbocycles. The number of hydrogen-bond acceptors (Lipinski definition) is 1. The molecule has 0 fully saturated rings. The molecule has 0 N–H and O–H groups in total. The first-order chi connectivity index (χ1) is 5.66. The molecule has 0 heterocycles. The molecule has 0 radical (unpaired) electrons. The van der Waals surface area contributed by atoms with Gasteiger partial charge in [-0.1, -0.05) is 6.07 Å². The molecule has 0 bridgehead atoms. The number of aryl methyl sites for hydroxylation is 1. The highest BCUT2D eigenvalue weighted by molar-refractivity contribution is 5.30. The lowest BCUT2D eigenvalue weighted by Crippen LogP contribution is -1.97. The highest BCUT2D eigenvalue weighted by atomic mass is 19.2. The van der Waals surface area contributed by atoms with Crippen LogP contribution in [0.5, 0.6) is 5.75 Å². The summed E-state index contributed by atoms with van der Waals surface area (Å²) in [6, 6.07) is 2.51. The van der Waals surface area contributed by atoms with Crippen LogP contribution in [0.25, 0.3) is 0 Å². The summed E-state index contributed by atoms with van der Waals surface area (Å²) < 4.78 is 41.3. The van der Waals surface area contributed by atoms with Crippen molar-refractivity contribution in [3.05, 3.63) is 29.3 Å². The minimum absolute atomic E-state index is 0.165. The van der Waals surface area contributed by atoms with E-state index in [1.165, 1.54) is 19.1 Å². The van der Waals surface area contributed by atoms with Gasteiger partial charge in [0.05, 0.1) is 0 Å². The molecule has 0 aliphatic rings. The average molecular weight is 176 g/mol. The Morgan fingerprint density at radius 1 is 1.25 bits per heavy atom. The number of benzene rings is 1. The predicted molar refractivity (Wildman–Crippen MR) is 37.7 cm³/mol. The fourth-order valence-electron chi connectivity index (χ4n) is 0.799. The molecule has 66 valence electrons. The number of alkyl halides is 1. The van der Waals surface area contributed by atoms with E-state index in [-0.39, 0.29) is 5.56 Å². The molecular weight excluding hydrogens is 169 g/mol. The third kappa shape index (κ3) is 1.52. The zero-order valence-electron chi connectivity index (χ0n) is 6.40. The molecule has 0 atom stereocenters. The first-order valence-electron chi connectivity index (χ1n) is 3.30. The lowest BCUT2D eigenvalue weighted by Gasteiger charge is -2.04. The van der Waals surface area contributed by atoms with E-state index in [0.29, 0.717) is 0 Å². The van der Waals surface area contributed by atoms with Crippen LogP contribution in [0.15, 0.2) is 12.1 Å². The highest BCUT2D eigenvalue weighted by Gasteiger charge is 2.11. The summed E-state index contributed by atoms with van der Waals surface area (Å²) in [5.74, 6) is -2.55. The number of rotatable bonds is 2. The van der Waals surface area contributed by atoms with Gasteiger partial charge >= 0.3 is 0 Å². The number of hydrogen-bond donors (Lipinski definition) is 0. The first kappa shape index (κ1) is 8.90. The Balaban J connectivity index is 3.08. The van der Waals surface area contributed by atoms with E-state index in [1.54, 1.807) is 0 Å². The summed E-state index contributed by atoms with van der Waals surface area (Å²) in [7, 11) is 0. The van der Waals surface area contributed by atoms with Gasteiger partial charge in [0.1, 0.15) is 0 Å². The summed E-state index contributed by atoms with van der Waals surface area (Å²) >= 11 is 0. The average Bonchev–Trinajstić information content (AvgIpc) is 2.07. The minimum atomic E-state index is -1.17. The summed E-state index contributed by atoms with van der Waals surface area (Å²) in [5.41, 5.74) is 0.165. The summed E-state index contributed by atoms with van der Waals surface area (Å²) in [5, 5.41) is 0. The Hall–Kier alpha value is -1.19. The molecular formula is C8H7F3O. The molecule has 12 heavy (non-hydrogen) atoms. The van der Waals surface area contributed by atoms with Crippen molar-refractivity contribution in [3.8, 4) is 5.75 Å².